The largest absolute Gasteiger partial charge is 0.598 e. The fraction of sp³-hybridized carbons (Fsp3) is 0.538. The van der Waals surface area contributed by atoms with Gasteiger partial charge in [-0.2, -0.15) is 0 Å². The molecule has 18 heavy (non-hydrogen) atoms. The fourth-order valence-corrected chi connectivity index (χ4v) is 2.53. The maximum Gasteiger partial charge on any atom is 0.136 e. The molecule has 0 saturated carbocycles. The molecule has 0 bridgehead atoms. The zero-order chi connectivity index (χ0) is 14.1. The van der Waals surface area contributed by atoms with Crippen molar-refractivity contribution in [3.8, 4) is 0 Å². The molecule has 0 amide bonds. The SMILES string of the molecule is Cc1cc(C(C)N[S+]([O-])C(C)(C)C)c(F)cc1Br. The van der Waals surface area contributed by atoms with Gasteiger partial charge < -0.3 is 4.55 Å². The van der Waals surface area contributed by atoms with Gasteiger partial charge in [-0.15, -0.1) is 4.72 Å². The van der Waals surface area contributed by atoms with Crippen molar-refractivity contribution >= 4 is 27.3 Å². The van der Waals surface area contributed by atoms with Crippen molar-refractivity contribution in [1.29, 1.82) is 0 Å². The van der Waals surface area contributed by atoms with Crippen molar-refractivity contribution in [2.75, 3.05) is 0 Å². The van der Waals surface area contributed by atoms with E-state index in [0.717, 1.165) is 10.0 Å². The van der Waals surface area contributed by atoms with E-state index in [4.69, 9.17) is 0 Å². The van der Waals surface area contributed by atoms with Crippen molar-refractivity contribution in [2.45, 2.75) is 45.4 Å². The van der Waals surface area contributed by atoms with Crippen LogP contribution in [0.15, 0.2) is 16.6 Å². The number of hydrogen-bond donors (Lipinski definition) is 1. The molecule has 1 aromatic carbocycles. The Kier molecular flexibility index (Phi) is 5.23. The molecule has 1 rings (SSSR count). The lowest BCUT2D eigenvalue weighted by molar-refractivity contribution is 0.522. The van der Waals surface area contributed by atoms with Gasteiger partial charge >= 0.3 is 0 Å². The Labute approximate surface area is 120 Å². The minimum absolute atomic E-state index is 0.293. The Hall–Kier alpha value is -0.100. The third kappa shape index (κ3) is 3.95. The summed E-state index contributed by atoms with van der Waals surface area (Å²) in [4.78, 5) is 0. The van der Waals surface area contributed by atoms with Gasteiger partial charge in [0.2, 0.25) is 0 Å². The van der Waals surface area contributed by atoms with Gasteiger partial charge in [0.15, 0.2) is 0 Å². The standard InChI is InChI=1S/C13H19BrFNOS/c1-8-6-10(12(15)7-11(8)14)9(2)16-18(17)13(3,4)5/h6-7,9,16H,1-5H3. The van der Waals surface area contributed by atoms with E-state index < -0.39 is 11.4 Å². The second-order valence-corrected chi connectivity index (χ2v) is 8.20. The summed E-state index contributed by atoms with van der Waals surface area (Å²) in [5.74, 6) is -0.293. The molecule has 2 atom stereocenters. The highest BCUT2D eigenvalue weighted by molar-refractivity contribution is 9.10. The van der Waals surface area contributed by atoms with Crippen LogP contribution >= 0.6 is 15.9 Å². The highest BCUT2D eigenvalue weighted by Crippen LogP contribution is 2.26. The monoisotopic (exact) mass is 335 g/mol. The van der Waals surface area contributed by atoms with E-state index in [-0.39, 0.29) is 16.6 Å². The van der Waals surface area contributed by atoms with Crippen molar-refractivity contribution in [3.63, 3.8) is 0 Å². The topological polar surface area (TPSA) is 35.1 Å². The van der Waals surface area contributed by atoms with Crippen LogP contribution in [0.2, 0.25) is 0 Å². The molecule has 0 aromatic heterocycles. The van der Waals surface area contributed by atoms with E-state index in [1.807, 2.05) is 34.6 Å². The highest BCUT2D eigenvalue weighted by Gasteiger charge is 2.29. The van der Waals surface area contributed by atoms with Gasteiger partial charge in [0.1, 0.15) is 10.6 Å². The summed E-state index contributed by atoms with van der Waals surface area (Å²) in [5, 5.41) is 0. The number of rotatable bonds is 3. The first kappa shape index (κ1) is 16.0. The number of aryl methyl sites for hydroxylation is 1. The molecule has 0 heterocycles. The second kappa shape index (κ2) is 5.90. The quantitative estimate of drug-likeness (QED) is 0.847. The van der Waals surface area contributed by atoms with Gasteiger partial charge in [0.25, 0.3) is 0 Å². The predicted octanol–water partition coefficient (Wildman–Crippen LogP) is 4.01. The lowest BCUT2D eigenvalue weighted by Gasteiger charge is -2.26. The van der Waals surface area contributed by atoms with E-state index >= 15 is 0 Å². The van der Waals surface area contributed by atoms with E-state index in [1.165, 1.54) is 6.07 Å². The molecule has 0 spiro atoms. The molecular weight excluding hydrogens is 317 g/mol. The van der Waals surface area contributed by atoms with E-state index in [2.05, 4.69) is 20.7 Å². The number of benzene rings is 1. The minimum atomic E-state index is -1.22. The normalized spacial score (nSPS) is 15.6. The zero-order valence-corrected chi connectivity index (χ0v) is 13.7. The second-order valence-electron chi connectivity index (χ2n) is 5.34. The van der Waals surface area contributed by atoms with Crippen LogP contribution in [0.3, 0.4) is 0 Å². The molecule has 2 nitrogen and oxygen atoms in total. The third-order valence-corrected chi connectivity index (χ3v) is 5.12. The lowest BCUT2D eigenvalue weighted by Crippen LogP contribution is -2.40. The van der Waals surface area contributed by atoms with Crippen LogP contribution in [0.1, 0.15) is 44.9 Å². The van der Waals surface area contributed by atoms with E-state index in [0.29, 0.717) is 5.56 Å². The van der Waals surface area contributed by atoms with Crippen LogP contribution in [0.5, 0.6) is 0 Å². The first-order valence-electron chi connectivity index (χ1n) is 5.76. The number of halogens is 2. The molecule has 0 fully saturated rings. The smallest absolute Gasteiger partial charge is 0.136 e. The molecule has 2 unspecified atom stereocenters. The Morgan fingerprint density at radius 1 is 1.39 bits per heavy atom. The Morgan fingerprint density at radius 2 is 1.94 bits per heavy atom. The summed E-state index contributed by atoms with van der Waals surface area (Å²) in [6.45, 7) is 9.36. The van der Waals surface area contributed by atoms with Gasteiger partial charge in [0, 0.05) is 21.4 Å². The zero-order valence-electron chi connectivity index (χ0n) is 11.3. The minimum Gasteiger partial charge on any atom is -0.598 e. The average Bonchev–Trinajstić information content (AvgIpc) is 2.21. The highest BCUT2D eigenvalue weighted by atomic mass is 79.9. The molecular formula is C13H19BrFNOS. The van der Waals surface area contributed by atoms with Crippen molar-refractivity contribution in [2.24, 2.45) is 0 Å². The molecule has 0 aliphatic rings. The van der Waals surface area contributed by atoms with Gasteiger partial charge in [-0.3, -0.25) is 0 Å². The summed E-state index contributed by atoms with van der Waals surface area (Å²) in [5.41, 5.74) is 1.50. The van der Waals surface area contributed by atoms with Crippen molar-refractivity contribution in [3.05, 3.63) is 33.5 Å². The van der Waals surface area contributed by atoms with E-state index in [1.54, 1.807) is 6.07 Å². The number of hydrogen-bond acceptors (Lipinski definition) is 2. The fourth-order valence-electron chi connectivity index (χ4n) is 1.41. The van der Waals surface area contributed by atoms with Gasteiger partial charge in [-0.1, -0.05) is 22.0 Å². The van der Waals surface area contributed by atoms with Crippen LogP contribution in [-0.4, -0.2) is 9.30 Å². The summed E-state index contributed by atoms with van der Waals surface area (Å²) in [6, 6.07) is 2.93. The van der Waals surface area contributed by atoms with Crippen LogP contribution in [0, 0.1) is 12.7 Å². The summed E-state index contributed by atoms with van der Waals surface area (Å²) in [6.07, 6.45) is 0. The van der Waals surface area contributed by atoms with Crippen molar-refractivity contribution in [1.82, 2.24) is 4.72 Å². The van der Waals surface area contributed by atoms with Gasteiger partial charge in [-0.25, -0.2) is 4.39 Å². The summed E-state index contributed by atoms with van der Waals surface area (Å²) >= 11 is 2.07. The van der Waals surface area contributed by atoms with Crippen LogP contribution < -0.4 is 4.72 Å². The van der Waals surface area contributed by atoms with Crippen LogP contribution in [0.4, 0.5) is 4.39 Å². The summed E-state index contributed by atoms with van der Waals surface area (Å²) in [7, 11) is 0. The molecule has 5 heteroatoms. The Morgan fingerprint density at radius 3 is 2.44 bits per heavy atom. The Bertz CT molecular complexity index is 434. The molecule has 0 radical (unpaired) electrons. The summed E-state index contributed by atoms with van der Waals surface area (Å²) < 4.78 is 29.2. The Balaban J connectivity index is 2.91. The van der Waals surface area contributed by atoms with E-state index in [9.17, 15) is 8.94 Å². The van der Waals surface area contributed by atoms with Gasteiger partial charge in [0.05, 0.1) is 6.04 Å². The van der Waals surface area contributed by atoms with Crippen LogP contribution in [0.25, 0.3) is 0 Å². The first-order chi connectivity index (χ1) is 8.12. The molecule has 0 saturated heterocycles. The third-order valence-electron chi connectivity index (χ3n) is 2.58. The molecule has 0 aliphatic heterocycles. The molecule has 0 aliphatic carbocycles. The molecule has 102 valence electrons. The van der Waals surface area contributed by atoms with Crippen LogP contribution in [-0.2, 0) is 11.4 Å². The average molecular weight is 336 g/mol. The predicted molar refractivity (Wildman–Crippen MR) is 78.3 cm³/mol. The molecule has 1 aromatic rings. The maximum atomic E-state index is 13.9. The molecule has 1 N–H and O–H groups in total. The lowest BCUT2D eigenvalue weighted by atomic mass is 10.1. The van der Waals surface area contributed by atoms with Gasteiger partial charge in [-0.05, 0) is 46.2 Å². The van der Waals surface area contributed by atoms with Crippen molar-refractivity contribution < 1.29 is 8.94 Å². The maximum absolute atomic E-state index is 13.9. The first-order valence-corrected chi connectivity index (χ1v) is 7.71. The number of nitrogens with one attached hydrogen (secondary N) is 1.